The smallest absolute Gasteiger partial charge is 0.233 e. The zero-order valence-electron chi connectivity index (χ0n) is 18.3. The minimum absolute atomic E-state index is 0.240. The van der Waals surface area contributed by atoms with Gasteiger partial charge in [-0.15, -0.1) is 10.2 Å². The number of likely N-dealkylation sites (tertiary alicyclic amines) is 1. The van der Waals surface area contributed by atoms with Crippen molar-refractivity contribution in [2.24, 2.45) is 5.92 Å². The highest BCUT2D eigenvalue weighted by Gasteiger charge is 2.35. The van der Waals surface area contributed by atoms with E-state index in [-0.39, 0.29) is 5.91 Å². The summed E-state index contributed by atoms with van der Waals surface area (Å²) in [6, 6.07) is 14.6. The summed E-state index contributed by atoms with van der Waals surface area (Å²) in [6.07, 6.45) is 11.0. The summed E-state index contributed by atoms with van der Waals surface area (Å²) in [6.45, 7) is 1.56. The van der Waals surface area contributed by atoms with Gasteiger partial charge in [-0.3, -0.25) is 14.3 Å². The largest absolute Gasteiger partial charge is 0.339 e. The summed E-state index contributed by atoms with van der Waals surface area (Å²) in [5, 5.41) is 9.71. The van der Waals surface area contributed by atoms with Crippen LogP contribution in [0.1, 0.15) is 44.1 Å². The molecule has 2 atom stereocenters. The van der Waals surface area contributed by atoms with Crippen molar-refractivity contribution >= 4 is 17.7 Å². The molecular formula is C25H29N5OS. The minimum Gasteiger partial charge on any atom is -0.339 e. The number of benzene rings is 1. The van der Waals surface area contributed by atoms with Crippen molar-refractivity contribution in [2.45, 2.75) is 56.3 Å². The number of aromatic nitrogens is 4. The van der Waals surface area contributed by atoms with E-state index in [1.165, 1.54) is 43.0 Å². The van der Waals surface area contributed by atoms with Gasteiger partial charge < -0.3 is 4.90 Å². The van der Waals surface area contributed by atoms with Crippen LogP contribution in [0, 0.1) is 5.92 Å². The summed E-state index contributed by atoms with van der Waals surface area (Å²) < 4.78 is 2.10. The van der Waals surface area contributed by atoms with E-state index < -0.39 is 0 Å². The monoisotopic (exact) mass is 447 g/mol. The van der Waals surface area contributed by atoms with E-state index in [9.17, 15) is 4.79 Å². The molecule has 7 heteroatoms. The van der Waals surface area contributed by atoms with Crippen molar-refractivity contribution in [3.05, 3.63) is 60.4 Å². The second kappa shape index (κ2) is 9.86. The minimum atomic E-state index is 0.240. The van der Waals surface area contributed by atoms with Crippen LogP contribution in [0.3, 0.4) is 0 Å². The van der Waals surface area contributed by atoms with Crippen molar-refractivity contribution in [3.63, 3.8) is 0 Å². The van der Waals surface area contributed by atoms with Crippen LogP contribution in [0.5, 0.6) is 0 Å². The number of hydrogen-bond donors (Lipinski definition) is 0. The van der Waals surface area contributed by atoms with Crippen LogP contribution in [0.25, 0.3) is 11.4 Å². The second-order valence-corrected chi connectivity index (χ2v) is 9.69. The average Bonchev–Trinajstić information content (AvgIpc) is 3.25. The lowest BCUT2D eigenvalue weighted by Gasteiger charge is -2.44. The Labute approximate surface area is 193 Å². The van der Waals surface area contributed by atoms with Gasteiger partial charge in [-0.2, -0.15) is 0 Å². The van der Waals surface area contributed by atoms with Gasteiger partial charge in [-0.05, 0) is 49.3 Å². The van der Waals surface area contributed by atoms with E-state index in [1.807, 2.05) is 36.5 Å². The normalized spacial score (nSPS) is 20.7. The predicted octanol–water partition coefficient (Wildman–Crippen LogP) is 4.66. The molecule has 3 heterocycles. The Balaban J connectivity index is 1.35. The van der Waals surface area contributed by atoms with E-state index in [0.29, 0.717) is 24.3 Å². The lowest BCUT2D eigenvalue weighted by molar-refractivity contribution is -0.134. The molecule has 0 bridgehead atoms. The standard InChI is InChI=1S/C25H29N5OS/c31-23(29-15-7-12-20-10-4-5-13-22(20)29)18-32-25-28-27-24(21-11-6-14-26-16-21)30(25)17-19-8-2-1-3-9-19/h1-3,6,8-9,11,14,16,20,22H,4-5,7,10,12-13,15,17-18H2/t20-,22-/m0/s1. The fraction of sp³-hybridized carbons (Fsp3) is 0.440. The number of carbonyl (C=O) groups is 1. The van der Waals surface area contributed by atoms with Crippen LogP contribution in [-0.2, 0) is 11.3 Å². The quantitative estimate of drug-likeness (QED) is 0.514. The van der Waals surface area contributed by atoms with Gasteiger partial charge in [0.15, 0.2) is 11.0 Å². The van der Waals surface area contributed by atoms with Crippen LogP contribution in [-0.4, -0.2) is 48.9 Å². The summed E-state index contributed by atoms with van der Waals surface area (Å²) in [5.74, 6) is 2.12. The Morgan fingerprint density at radius 3 is 2.69 bits per heavy atom. The Bertz CT molecular complexity index is 1040. The number of thioether (sulfide) groups is 1. The number of nitrogens with zero attached hydrogens (tertiary/aromatic N) is 5. The molecular weight excluding hydrogens is 418 g/mol. The first-order valence-electron chi connectivity index (χ1n) is 11.6. The Morgan fingerprint density at radius 2 is 1.84 bits per heavy atom. The van der Waals surface area contributed by atoms with Crippen molar-refractivity contribution in [1.29, 1.82) is 0 Å². The molecule has 1 aliphatic heterocycles. The molecule has 0 N–H and O–H groups in total. The zero-order valence-corrected chi connectivity index (χ0v) is 19.1. The molecule has 1 amide bonds. The first kappa shape index (κ1) is 21.2. The third-order valence-electron chi connectivity index (χ3n) is 6.71. The SMILES string of the molecule is O=C(CSc1nnc(-c2cccnc2)n1Cc1ccccc1)N1CCC[C@@H]2CCCC[C@@H]21. The molecule has 166 valence electrons. The maximum absolute atomic E-state index is 13.2. The van der Waals surface area contributed by atoms with E-state index in [0.717, 1.165) is 35.9 Å². The van der Waals surface area contributed by atoms with E-state index in [1.54, 1.807) is 6.20 Å². The second-order valence-electron chi connectivity index (χ2n) is 8.75. The van der Waals surface area contributed by atoms with Crippen LogP contribution in [0.15, 0.2) is 60.0 Å². The highest BCUT2D eigenvalue weighted by molar-refractivity contribution is 7.99. The summed E-state index contributed by atoms with van der Waals surface area (Å²) in [4.78, 5) is 19.6. The summed E-state index contributed by atoms with van der Waals surface area (Å²) in [7, 11) is 0. The van der Waals surface area contributed by atoms with Crippen molar-refractivity contribution < 1.29 is 4.79 Å². The Morgan fingerprint density at radius 1 is 1.00 bits per heavy atom. The fourth-order valence-electron chi connectivity index (χ4n) is 5.16. The number of amides is 1. The lowest BCUT2D eigenvalue weighted by Crippen LogP contribution is -2.50. The van der Waals surface area contributed by atoms with E-state index >= 15 is 0 Å². The Kier molecular flexibility index (Phi) is 6.53. The fourth-order valence-corrected chi connectivity index (χ4v) is 5.98. The number of rotatable bonds is 6. The molecule has 1 saturated carbocycles. The third-order valence-corrected chi connectivity index (χ3v) is 7.66. The van der Waals surface area contributed by atoms with E-state index in [4.69, 9.17) is 0 Å². The topological polar surface area (TPSA) is 63.9 Å². The lowest BCUT2D eigenvalue weighted by atomic mass is 9.78. The van der Waals surface area contributed by atoms with Gasteiger partial charge in [-0.25, -0.2) is 0 Å². The van der Waals surface area contributed by atoms with Gasteiger partial charge in [0.1, 0.15) is 0 Å². The van der Waals surface area contributed by atoms with Crippen molar-refractivity contribution in [1.82, 2.24) is 24.6 Å². The molecule has 1 aromatic carbocycles. The molecule has 0 radical (unpaired) electrons. The first-order valence-corrected chi connectivity index (χ1v) is 12.6. The molecule has 2 fully saturated rings. The molecule has 0 unspecified atom stereocenters. The highest BCUT2D eigenvalue weighted by Crippen LogP contribution is 2.36. The van der Waals surface area contributed by atoms with E-state index in [2.05, 4.69) is 36.8 Å². The third kappa shape index (κ3) is 4.58. The van der Waals surface area contributed by atoms with Crippen LogP contribution < -0.4 is 0 Å². The highest BCUT2D eigenvalue weighted by atomic mass is 32.2. The number of pyridine rings is 1. The summed E-state index contributed by atoms with van der Waals surface area (Å²) in [5.41, 5.74) is 2.10. The number of carbonyl (C=O) groups excluding carboxylic acids is 1. The average molecular weight is 448 g/mol. The maximum atomic E-state index is 13.2. The van der Waals surface area contributed by atoms with Crippen molar-refractivity contribution in [3.8, 4) is 11.4 Å². The molecule has 32 heavy (non-hydrogen) atoms. The van der Waals surface area contributed by atoms with Gasteiger partial charge in [0.25, 0.3) is 0 Å². The van der Waals surface area contributed by atoms with Crippen molar-refractivity contribution in [2.75, 3.05) is 12.3 Å². The number of piperidine rings is 1. The first-order chi connectivity index (χ1) is 15.8. The molecule has 6 nitrogen and oxygen atoms in total. The molecule has 3 aromatic rings. The predicted molar refractivity (Wildman–Crippen MR) is 126 cm³/mol. The molecule has 5 rings (SSSR count). The molecule has 1 saturated heterocycles. The van der Waals surface area contributed by atoms with Crippen LogP contribution >= 0.6 is 11.8 Å². The molecule has 0 spiro atoms. The van der Waals surface area contributed by atoms with Crippen LogP contribution in [0.2, 0.25) is 0 Å². The van der Waals surface area contributed by atoms with Gasteiger partial charge in [0, 0.05) is 30.5 Å². The molecule has 2 aliphatic rings. The van der Waals surface area contributed by atoms with Gasteiger partial charge in [0.2, 0.25) is 5.91 Å². The molecule has 2 aromatic heterocycles. The molecule has 1 aliphatic carbocycles. The zero-order chi connectivity index (χ0) is 21.8. The number of hydrogen-bond acceptors (Lipinski definition) is 5. The van der Waals surface area contributed by atoms with Gasteiger partial charge in [0.05, 0.1) is 12.3 Å². The summed E-state index contributed by atoms with van der Waals surface area (Å²) >= 11 is 1.50. The van der Waals surface area contributed by atoms with Crippen LogP contribution in [0.4, 0.5) is 0 Å². The maximum Gasteiger partial charge on any atom is 0.233 e. The van der Waals surface area contributed by atoms with Gasteiger partial charge >= 0.3 is 0 Å². The Hall–Kier alpha value is -2.67. The number of fused-ring (bicyclic) bond motifs is 1. The van der Waals surface area contributed by atoms with Gasteiger partial charge in [-0.1, -0.05) is 54.9 Å².